The maximum Gasteiger partial charge on any atom is 0.249 e. The number of aryl methyl sites for hydroxylation is 1. The molecule has 0 aromatic heterocycles. The summed E-state index contributed by atoms with van der Waals surface area (Å²) in [5, 5.41) is 0. The number of carbonyl (C=O) groups is 2. The zero-order chi connectivity index (χ0) is 15.0. The molecular formula is C17H22N2O2. The van der Waals surface area contributed by atoms with Crippen molar-refractivity contribution in [3.8, 4) is 0 Å². The van der Waals surface area contributed by atoms with Crippen LogP contribution < -0.4 is 4.90 Å². The molecule has 1 aliphatic carbocycles. The van der Waals surface area contributed by atoms with E-state index in [9.17, 15) is 9.59 Å². The second-order valence-electron chi connectivity index (χ2n) is 6.16. The molecule has 3 rings (SSSR count). The van der Waals surface area contributed by atoms with Gasteiger partial charge in [0.1, 0.15) is 6.04 Å². The Morgan fingerprint density at radius 2 is 2.00 bits per heavy atom. The summed E-state index contributed by atoms with van der Waals surface area (Å²) in [6.07, 6.45) is 3.11. The van der Waals surface area contributed by atoms with Crippen molar-refractivity contribution in [1.82, 2.24) is 4.90 Å². The van der Waals surface area contributed by atoms with Crippen LogP contribution in [0, 0.1) is 12.8 Å². The van der Waals surface area contributed by atoms with Gasteiger partial charge in [-0.2, -0.15) is 0 Å². The van der Waals surface area contributed by atoms with E-state index in [4.69, 9.17) is 0 Å². The third-order valence-corrected chi connectivity index (χ3v) is 4.71. The Kier molecular flexibility index (Phi) is 3.70. The maximum atomic E-state index is 12.6. The van der Waals surface area contributed by atoms with Crippen molar-refractivity contribution in [2.24, 2.45) is 5.92 Å². The number of rotatable bonds is 2. The van der Waals surface area contributed by atoms with Gasteiger partial charge in [-0.15, -0.1) is 0 Å². The van der Waals surface area contributed by atoms with Crippen molar-refractivity contribution in [1.29, 1.82) is 0 Å². The highest BCUT2D eigenvalue weighted by Crippen LogP contribution is 2.30. The molecule has 2 amide bonds. The summed E-state index contributed by atoms with van der Waals surface area (Å²) in [6.45, 7) is 5.09. The molecule has 112 valence electrons. The average Bonchev–Trinajstić information content (AvgIpc) is 2.39. The van der Waals surface area contributed by atoms with E-state index in [0.29, 0.717) is 13.1 Å². The molecule has 1 atom stereocenters. The molecule has 0 radical (unpaired) electrons. The number of hydrogen-bond donors (Lipinski definition) is 0. The Labute approximate surface area is 125 Å². The zero-order valence-electron chi connectivity index (χ0n) is 12.7. The summed E-state index contributed by atoms with van der Waals surface area (Å²) in [7, 11) is 0. The first kappa shape index (κ1) is 14.1. The van der Waals surface area contributed by atoms with Gasteiger partial charge in [-0.3, -0.25) is 9.59 Å². The summed E-state index contributed by atoms with van der Waals surface area (Å²) >= 11 is 0. The molecule has 1 aromatic rings. The van der Waals surface area contributed by atoms with E-state index in [1.54, 1.807) is 4.90 Å². The van der Waals surface area contributed by atoms with Crippen molar-refractivity contribution >= 4 is 17.5 Å². The minimum absolute atomic E-state index is 0.0273. The number of anilines is 1. The molecule has 1 heterocycles. The predicted octanol–water partition coefficient (Wildman–Crippen LogP) is 2.36. The minimum Gasteiger partial charge on any atom is -0.329 e. The second kappa shape index (κ2) is 5.51. The fourth-order valence-corrected chi connectivity index (χ4v) is 3.11. The SMILES string of the molecule is Cc1cccc(N2CCN(C(=O)C3CCC3)C(C)C2=O)c1. The Hall–Kier alpha value is -1.84. The van der Waals surface area contributed by atoms with Gasteiger partial charge in [-0.25, -0.2) is 0 Å². The molecule has 4 nitrogen and oxygen atoms in total. The van der Waals surface area contributed by atoms with Gasteiger partial charge >= 0.3 is 0 Å². The smallest absolute Gasteiger partial charge is 0.249 e. The lowest BCUT2D eigenvalue weighted by Crippen LogP contribution is -2.59. The van der Waals surface area contributed by atoms with E-state index < -0.39 is 0 Å². The molecular weight excluding hydrogens is 264 g/mol. The first-order valence-corrected chi connectivity index (χ1v) is 7.76. The van der Waals surface area contributed by atoms with Gasteiger partial charge in [0.05, 0.1) is 0 Å². The molecule has 0 N–H and O–H groups in total. The fourth-order valence-electron chi connectivity index (χ4n) is 3.11. The number of hydrogen-bond acceptors (Lipinski definition) is 2. The van der Waals surface area contributed by atoms with Gasteiger partial charge in [0.15, 0.2) is 0 Å². The van der Waals surface area contributed by atoms with Crippen LogP contribution in [-0.4, -0.2) is 35.8 Å². The number of carbonyl (C=O) groups excluding carboxylic acids is 2. The lowest BCUT2D eigenvalue weighted by atomic mass is 9.84. The molecule has 2 fully saturated rings. The zero-order valence-corrected chi connectivity index (χ0v) is 12.7. The molecule has 1 saturated carbocycles. The molecule has 1 unspecified atom stereocenters. The number of benzene rings is 1. The lowest BCUT2D eigenvalue weighted by molar-refractivity contribution is -0.146. The second-order valence-corrected chi connectivity index (χ2v) is 6.16. The first-order valence-electron chi connectivity index (χ1n) is 7.76. The van der Waals surface area contributed by atoms with Crippen molar-refractivity contribution in [2.75, 3.05) is 18.0 Å². The van der Waals surface area contributed by atoms with Gasteiger partial charge in [0.2, 0.25) is 11.8 Å². The number of amides is 2. The van der Waals surface area contributed by atoms with E-state index >= 15 is 0 Å². The van der Waals surface area contributed by atoms with Gasteiger partial charge < -0.3 is 9.80 Å². The molecule has 0 bridgehead atoms. The molecule has 1 saturated heterocycles. The van der Waals surface area contributed by atoms with Crippen LogP contribution in [0.4, 0.5) is 5.69 Å². The van der Waals surface area contributed by atoms with Gasteiger partial charge in [0, 0.05) is 24.7 Å². The Morgan fingerprint density at radius 3 is 2.62 bits per heavy atom. The highest BCUT2D eigenvalue weighted by molar-refractivity contribution is 6.00. The van der Waals surface area contributed by atoms with Crippen molar-refractivity contribution in [3.05, 3.63) is 29.8 Å². The van der Waals surface area contributed by atoms with E-state index in [2.05, 4.69) is 0 Å². The Bertz CT molecular complexity index is 566. The summed E-state index contributed by atoms with van der Waals surface area (Å²) in [6, 6.07) is 7.62. The number of nitrogens with zero attached hydrogens (tertiary/aromatic N) is 2. The van der Waals surface area contributed by atoms with E-state index in [1.165, 1.54) is 0 Å². The van der Waals surface area contributed by atoms with Crippen LogP contribution in [-0.2, 0) is 9.59 Å². The lowest BCUT2D eigenvalue weighted by Gasteiger charge is -2.41. The molecule has 2 aliphatic rings. The highest BCUT2D eigenvalue weighted by Gasteiger charge is 2.38. The predicted molar refractivity (Wildman–Crippen MR) is 82.0 cm³/mol. The van der Waals surface area contributed by atoms with Crippen LogP contribution in [0.5, 0.6) is 0 Å². The summed E-state index contributed by atoms with van der Waals surface area (Å²) in [5.41, 5.74) is 2.07. The fraction of sp³-hybridized carbons (Fsp3) is 0.529. The van der Waals surface area contributed by atoms with Crippen LogP contribution in [0.15, 0.2) is 24.3 Å². The van der Waals surface area contributed by atoms with Crippen molar-refractivity contribution in [2.45, 2.75) is 39.2 Å². The monoisotopic (exact) mass is 286 g/mol. The summed E-state index contributed by atoms with van der Waals surface area (Å²) in [5.74, 6) is 0.358. The third-order valence-electron chi connectivity index (χ3n) is 4.71. The van der Waals surface area contributed by atoms with Crippen LogP contribution in [0.25, 0.3) is 0 Å². The van der Waals surface area contributed by atoms with Gasteiger partial charge in [-0.1, -0.05) is 18.6 Å². The average molecular weight is 286 g/mol. The quantitative estimate of drug-likeness (QED) is 0.837. The maximum absolute atomic E-state index is 12.6. The van der Waals surface area contributed by atoms with Gasteiger partial charge in [-0.05, 0) is 44.4 Å². The van der Waals surface area contributed by atoms with Crippen molar-refractivity contribution < 1.29 is 9.59 Å². The van der Waals surface area contributed by atoms with E-state index in [1.807, 2.05) is 43.0 Å². The van der Waals surface area contributed by atoms with Crippen LogP contribution >= 0.6 is 0 Å². The summed E-state index contributed by atoms with van der Waals surface area (Å²) in [4.78, 5) is 28.6. The molecule has 1 aliphatic heterocycles. The standard InChI is InChI=1S/C17H22N2O2/c1-12-5-3-8-15(11-12)19-10-9-18(13(2)16(19)20)17(21)14-6-4-7-14/h3,5,8,11,13-14H,4,6-7,9-10H2,1-2H3. The van der Waals surface area contributed by atoms with Crippen LogP contribution in [0.2, 0.25) is 0 Å². The molecule has 0 spiro atoms. The first-order chi connectivity index (χ1) is 10.1. The topological polar surface area (TPSA) is 40.6 Å². The third kappa shape index (κ3) is 2.55. The van der Waals surface area contributed by atoms with E-state index in [0.717, 1.165) is 30.5 Å². The minimum atomic E-state index is -0.354. The molecule has 21 heavy (non-hydrogen) atoms. The van der Waals surface area contributed by atoms with E-state index in [-0.39, 0.29) is 23.8 Å². The van der Waals surface area contributed by atoms with Crippen LogP contribution in [0.1, 0.15) is 31.7 Å². The number of piperazine rings is 1. The van der Waals surface area contributed by atoms with Crippen molar-refractivity contribution in [3.63, 3.8) is 0 Å². The van der Waals surface area contributed by atoms with Gasteiger partial charge in [0.25, 0.3) is 0 Å². The Morgan fingerprint density at radius 1 is 1.24 bits per heavy atom. The Balaban J connectivity index is 1.75. The largest absolute Gasteiger partial charge is 0.329 e. The normalized spacial score (nSPS) is 23.1. The highest BCUT2D eigenvalue weighted by atomic mass is 16.2. The molecule has 4 heteroatoms. The molecule has 1 aromatic carbocycles. The summed E-state index contributed by atoms with van der Waals surface area (Å²) < 4.78 is 0. The van der Waals surface area contributed by atoms with Crippen LogP contribution in [0.3, 0.4) is 0 Å².